The molecule has 0 atom stereocenters. The zero-order chi connectivity index (χ0) is 18.1. The predicted molar refractivity (Wildman–Crippen MR) is 97.5 cm³/mol. The van der Waals surface area contributed by atoms with Crippen molar-refractivity contribution in [3.8, 4) is 11.5 Å². The van der Waals surface area contributed by atoms with E-state index in [1.54, 1.807) is 4.90 Å². The van der Waals surface area contributed by atoms with Crippen LogP contribution < -0.4 is 0 Å². The minimum atomic E-state index is 0.00996. The highest BCUT2D eigenvalue weighted by Crippen LogP contribution is 2.24. The monoisotopic (exact) mass is 350 g/mol. The summed E-state index contributed by atoms with van der Waals surface area (Å²) in [6, 6.07) is 9.72. The van der Waals surface area contributed by atoms with Crippen molar-refractivity contribution in [2.75, 3.05) is 7.05 Å². The molecule has 4 rings (SSSR count). The van der Waals surface area contributed by atoms with Gasteiger partial charge in [0.05, 0.1) is 24.4 Å². The van der Waals surface area contributed by atoms with Crippen LogP contribution in [0.2, 0.25) is 0 Å². The van der Waals surface area contributed by atoms with Gasteiger partial charge in [-0.25, -0.2) is 4.98 Å². The van der Waals surface area contributed by atoms with Crippen LogP contribution in [0.1, 0.15) is 34.8 Å². The molecule has 1 aliphatic rings. The van der Waals surface area contributed by atoms with E-state index in [4.69, 9.17) is 4.42 Å². The van der Waals surface area contributed by atoms with Gasteiger partial charge < -0.3 is 9.32 Å². The molecule has 0 saturated carbocycles. The first-order valence-electron chi connectivity index (χ1n) is 8.92. The predicted octanol–water partition coefficient (Wildman–Crippen LogP) is 3.06. The standard InChI is InChI=1S/C20H22N4O2/c1-13-17(21-20(26-13)14-7-4-3-5-8-14)11-19(25)24(2)12-18-15-9-6-10-16(15)22-23-18/h3-5,7-8H,6,9-12H2,1-2H3,(H,22,23). The van der Waals surface area contributed by atoms with Crippen molar-refractivity contribution in [1.29, 1.82) is 0 Å². The summed E-state index contributed by atoms with van der Waals surface area (Å²) in [5.74, 6) is 1.25. The molecule has 2 heterocycles. The summed E-state index contributed by atoms with van der Waals surface area (Å²) in [6.07, 6.45) is 3.49. The first-order chi connectivity index (χ1) is 12.6. The molecule has 1 amide bonds. The molecule has 0 radical (unpaired) electrons. The third-order valence-electron chi connectivity index (χ3n) is 4.94. The topological polar surface area (TPSA) is 75.0 Å². The molecule has 6 heteroatoms. The summed E-state index contributed by atoms with van der Waals surface area (Å²) in [4.78, 5) is 18.9. The normalized spacial score (nSPS) is 13.0. The molecular weight excluding hydrogens is 328 g/mol. The van der Waals surface area contributed by atoms with Crippen LogP contribution in [0.15, 0.2) is 34.7 Å². The number of carbonyl (C=O) groups is 1. The fourth-order valence-electron chi connectivity index (χ4n) is 3.41. The molecule has 6 nitrogen and oxygen atoms in total. The number of rotatable bonds is 5. The molecule has 0 aliphatic heterocycles. The van der Waals surface area contributed by atoms with E-state index in [0.717, 1.165) is 30.5 Å². The smallest absolute Gasteiger partial charge is 0.228 e. The number of aromatic amines is 1. The third kappa shape index (κ3) is 3.14. The van der Waals surface area contributed by atoms with Gasteiger partial charge in [-0.2, -0.15) is 5.10 Å². The molecule has 2 aromatic heterocycles. The van der Waals surface area contributed by atoms with Crippen LogP contribution in [0, 0.1) is 6.92 Å². The average Bonchev–Trinajstić information content (AvgIpc) is 3.34. The summed E-state index contributed by atoms with van der Waals surface area (Å²) in [5.41, 5.74) is 5.09. The summed E-state index contributed by atoms with van der Waals surface area (Å²) in [7, 11) is 1.81. The number of fused-ring (bicyclic) bond motifs is 1. The number of oxazole rings is 1. The van der Waals surface area contributed by atoms with Crippen LogP contribution in [-0.4, -0.2) is 33.0 Å². The summed E-state index contributed by atoms with van der Waals surface area (Å²) >= 11 is 0. The van der Waals surface area contributed by atoms with Crippen molar-refractivity contribution in [1.82, 2.24) is 20.1 Å². The van der Waals surface area contributed by atoms with Crippen LogP contribution >= 0.6 is 0 Å². The number of amides is 1. The van der Waals surface area contributed by atoms with Crippen LogP contribution in [-0.2, 0) is 30.6 Å². The number of hydrogen-bond donors (Lipinski definition) is 1. The van der Waals surface area contributed by atoms with Crippen molar-refractivity contribution in [2.24, 2.45) is 0 Å². The number of nitrogens with zero attached hydrogens (tertiary/aromatic N) is 3. The first kappa shape index (κ1) is 16.6. The quantitative estimate of drug-likeness (QED) is 0.767. The molecular formula is C20H22N4O2. The van der Waals surface area contributed by atoms with E-state index in [1.807, 2.05) is 44.3 Å². The second-order valence-corrected chi connectivity index (χ2v) is 6.80. The average molecular weight is 350 g/mol. The maximum absolute atomic E-state index is 12.6. The minimum absolute atomic E-state index is 0.00996. The lowest BCUT2D eigenvalue weighted by atomic mass is 10.2. The zero-order valence-corrected chi connectivity index (χ0v) is 15.1. The Bertz CT molecular complexity index is 927. The summed E-state index contributed by atoms with van der Waals surface area (Å²) in [5, 5.41) is 7.47. The lowest BCUT2D eigenvalue weighted by Gasteiger charge is -2.16. The lowest BCUT2D eigenvalue weighted by molar-refractivity contribution is -0.129. The molecule has 0 spiro atoms. The van der Waals surface area contributed by atoms with Gasteiger partial charge in [0.15, 0.2) is 0 Å². The zero-order valence-electron chi connectivity index (χ0n) is 15.1. The van der Waals surface area contributed by atoms with Crippen LogP contribution in [0.25, 0.3) is 11.5 Å². The number of H-pyrrole nitrogens is 1. The summed E-state index contributed by atoms with van der Waals surface area (Å²) < 4.78 is 5.75. The molecule has 0 unspecified atom stereocenters. The molecule has 134 valence electrons. The van der Waals surface area contributed by atoms with Crippen molar-refractivity contribution in [3.63, 3.8) is 0 Å². The Balaban J connectivity index is 1.45. The van der Waals surface area contributed by atoms with E-state index in [1.165, 1.54) is 11.3 Å². The van der Waals surface area contributed by atoms with Crippen LogP contribution in [0.5, 0.6) is 0 Å². The van der Waals surface area contributed by atoms with Gasteiger partial charge in [-0.05, 0) is 43.9 Å². The molecule has 0 fully saturated rings. The molecule has 3 aromatic rings. The fraction of sp³-hybridized carbons (Fsp3) is 0.350. The van der Waals surface area contributed by atoms with Gasteiger partial charge >= 0.3 is 0 Å². The SMILES string of the molecule is Cc1oc(-c2ccccc2)nc1CC(=O)N(C)Cc1n[nH]c2c1CCC2. The highest BCUT2D eigenvalue weighted by Gasteiger charge is 2.22. The highest BCUT2D eigenvalue weighted by molar-refractivity contribution is 5.78. The second kappa shape index (κ2) is 6.78. The number of aromatic nitrogens is 3. The van der Waals surface area contributed by atoms with Crippen LogP contribution in [0.3, 0.4) is 0 Å². The molecule has 26 heavy (non-hydrogen) atoms. The van der Waals surface area contributed by atoms with Gasteiger partial charge in [0.1, 0.15) is 5.76 Å². The molecule has 1 aliphatic carbocycles. The Morgan fingerprint density at radius 2 is 2.04 bits per heavy atom. The van der Waals surface area contributed by atoms with E-state index >= 15 is 0 Å². The number of carbonyl (C=O) groups excluding carboxylic acids is 1. The van der Waals surface area contributed by atoms with Gasteiger partial charge in [0.25, 0.3) is 0 Å². The van der Waals surface area contributed by atoms with E-state index in [2.05, 4.69) is 15.2 Å². The summed E-state index contributed by atoms with van der Waals surface area (Å²) in [6.45, 7) is 2.37. The van der Waals surface area contributed by atoms with Crippen molar-refractivity contribution >= 4 is 5.91 Å². The highest BCUT2D eigenvalue weighted by atomic mass is 16.4. The lowest BCUT2D eigenvalue weighted by Crippen LogP contribution is -2.28. The second-order valence-electron chi connectivity index (χ2n) is 6.80. The van der Waals surface area contributed by atoms with Crippen molar-refractivity contribution in [3.05, 3.63) is 58.7 Å². The number of hydrogen-bond acceptors (Lipinski definition) is 4. The minimum Gasteiger partial charge on any atom is -0.441 e. The molecule has 1 N–H and O–H groups in total. The van der Waals surface area contributed by atoms with Gasteiger partial charge in [0, 0.05) is 18.3 Å². The Morgan fingerprint density at radius 1 is 1.23 bits per heavy atom. The fourth-order valence-corrected chi connectivity index (χ4v) is 3.41. The van der Waals surface area contributed by atoms with E-state index in [9.17, 15) is 4.79 Å². The van der Waals surface area contributed by atoms with Gasteiger partial charge in [-0.1, -0.05) is 18.2 Å². The first-order valence-corrected chi connectivity index (χ1v) is 8.92. The Kier molecular flexibility index (Phi) is 4.32. The Hall–Kier alpha value is -2.89. The van der Waals surface area contributed by atoms with Gasteiger partial charge in [-0.3, -0.25) is 9.89 Å². The number of benzene rings is 1. The van der Waals surface area contributed by atoms with Crippen molar-refractivity contribution in [2.45, 2.75) is 39.2 Å². The largest absolute Gasteiger partial charge is 0.441 e. The maximum atomic E-state index is 12.6. The molecule has 0 saturated heterocycles. The molecule has 0 bridgehead atoms. The third-order valence-corrected chi connectivity index (χ3v) is 4.94. The van der Waals surface area contributed by atoms with E-state index in [-0.39, 0.29) is 12.3 Å². The van der Waals surface area contributed by atoms with E-state index < -0.39 is 0 Å². The van der Waals surface area contributed by atoms with E-state index in [0.29, 0.717) is 23.9 Å². The maximum Gasteiger partial charge on any atom is 0.228 e. The number of nitrogens with one attached hydrogen (secondary N) is 1. The van der Waals surface area contributed by atoms with Gasteiger partial charge in [-0.15, -0.1) is 0 Å². The number of aryl methyl sites for hydroxylation is 2. The van der Waals surface area contributed by atoms with Crippen molar-refractivity contribution < 1.29 is 9.21 Å². The van der Waals surface area contributed by atoms with Gasteiger partial charge in [0.2, 0.25) is 11.8 Å². The number of likely N-dealkylation sites (N-methyl/N-ethyl adjacent to an activating group) is 1. The Morgan fingerprint density at radius 3 is 2.85 bits per heavy atom. The molecule has 1 aromatic carbocycles. The Labute approximate surface area is 152 Å². The van der Waals surface area contributed by atoms with Crippen LogP contribution in [0.4, 0.5) is 0 Å².